The highest BCUT2D eigenvalue weighted by molar-refractivity contribution is 7.90. The fourth-order valence-corrected chi connectivity index (χ4v) is 5.88. The Labute approximate surface area is 153 Å². The highest BCUT2D eigenvalue weighted by Gasteiger charge is 2.42. The van der Waals surface area contributed by atoms with Crippen LogP contribution in [0, 0.1) is 12.3 Å². The van der Waals surface area contributed by atoms with Crippen molar-refractivity contribution in [2.45, 2.75) is 50.3 Å². The van der Waals surface area contributed by atoms with Gasteiger partial charge in [0, 0.05) is 17.3 Å². The van der Waals surface area contributed by atoms with Crippen molar-refractivity contribution in [3.63, 3.8) is 0 Å². The zero-order chi connectivity index (χ0) is 17.7. The Morgan fingerprint density at radius 3 is 2.40 bits per heavy atom. The number of pyridine rings is 1. The van der Waals surface area contributed by atoms with Crippen LogP contribution in [0.15, 0.2) is 34.7 Å². The normalized spacial score (nSPS) is 19.9. The molecule has 0 bridgehead atoms. The zero-order valence-corrected chi connectivity index (χ0v) is 16.3. The summed E-state index contributed by atoms with van der Waals surface area (Å²) in [6, 6.07) is 5.86. The number of aromatic nitrogens is 1. The minimum atomic E-state index is -3.20. The molecule has 0 amide bonds. The molecule has 132 valence electrons. The van der Waals surface area contributed by atoms with Gasteiger partial charge >= 0.3 is 0 Å². The van der Waals surface area contributed by atoms with E-state index in [1.165, 1.54) is 59.7 Å². The average molecular weight is 374 g/mol. The van der Waals surface area contributed by atoms with Crippen LogP contribution in [-0.2, 0) is 9.84 Å². The maximum atomic E-state index is 11.7. The van der Waals surface area contributed by atoms with Crippen LogP contribution >= 0.6 is 11.3 Å². The number of thiophene rings is 1. The topological polar surface area (TPSA) is 47.0 Å². The van der Waals surface area contributed by atoms with Crippen molar-refractivity contribution in [3.8, 4) is 0 Å². The molecule has 3 nitrogen and oxygen atoms in total. The molecule has 0 saturated heterocycles. The molecule has 1 saturated carbocycles. The van der Waals surface area contributed by atoms with Crippen LogP contribution in [0.4, 0.5) is 0 Å². The van der Waals surface area contributed by atoms with E-state index in [1.807, 2.05) is 17.4 Å². The van der Waals surface area contributed by atoms with E-state index in [9.17, 15) is 8.42 Å². The van der Waals surface area contributed by atoms with E-state index in [0.717, 1.165) is 18.5 Å². The molecule has 0 atom stereocenters. The summed E-state index contributed by atoms with van der Waals surface area (Å²) in [5, 5.41) is 2.21. The Morgan fingerprint density at radius 1 is 1.12 bits per heavy atom. The average Bonchev–Trinajstić information content (AvgIpc) is 3.28. The Bertz CT molecular complexity index is 930. The summed E-state index contributed by atoms with van der Waals surface area (Å²) in [5.74, 6) is 0. The molecule has 0 aromatic carbocycles. The summed E-state index contributed by atoms with van der Waals surface area (Å²) in [7, 11) is -3.20. The van der Waals surface area contributed by atoms with E-state index in [1.54, 1.807) is 6.07 Å². The molecule has 0 aliphatic heterocycles. The van der Waals surface area contributed by atoms with Gasteiger partial charge in [0.25, 0.3) is 0 Å². The SMILES string of the molecule is Cc1csc(C2=C(c3ccc(S(C)(=O)=O)cn3)CC3(CCCC3)C2)c1. The fourth-order valence-electron chi connectivity index (χ4n) is 4.35. The molecule has 2 aromatic rings. The number of sulfone groups is 1. The minimum Gasteiger partial charge on any atom is -0.255 e. The number of hydrogen-bond donors (Lipinski definition) is 0. The van der Waals surface area contributed by atoms with E-state index in [-0.39, 0.29) is 0 Å². The molecule has 4 rings (SSSR count). The fraction of sp³-hybridized carbons (Fsp3) is 0.450. The van der Waals surface area contributed by atoms with E-state index in [2.05, 4.69) is 23.4 Å². The molecule has 25 heavy (non-hydrogen) atoms. The number of rotatable bonds is 3. The Balaban J connectivity index is 1.77. The van der Waals surface area contributed by atoms with Crippen molar-refractivity contribution in [2.75, 3.05) is 6.26 Å². The predicted octanol–water partition coefficient (Wildman–Crippen LogP) is 5.12. The second kappa shape index (κ2) is 6.06. The predicted molar refractivity (Wildman–Crippen MR) is 103 cm³/mol. The summed E-state index contributed by atoms with van der Waals surface area (Å²) >= 11 is 1.81. The van der Waals surface area contributed by atoms with Gasteiger partial charge in [-0.15, -0.1) is 11.3 Å². The van der Waals surface area contributed by atoms with Crippen molar-refractivity contribution in [3.05, 3.63) is 45.9 Å². The van der Waals surface area contributed by atoms with Crippen LogP contribution in [0.5, 0.6) is 0 Å². The van der Waals surface area contributed by atoms with E-state index < -0.39 is 9.84 Å². The van der Waals surface area contributed by atoms with Gasteiger partial charge in [0.05, 0.1) is 10.6 Å². The van der Waals surface area contributed by atoms with E-state index in [0.29, 0.717) is 10.3 Å². The monoisotopic (exact) mass is 373 g/mol. The van der Waals surface area contributed by atoms with Gasteiger partial charge in [0.2, 0.25) is 0 Å². The highest BCUT2D eigenvalue weighted by atomic mass is 32.2. The smallest absolute Gasteiger partial charge is 0.177 e. The molecule has 2 heterocycles. The van der Waals surface area contributed by atoms with Gasteiger partial charge in [-0.2, -0.15) is 0 Å². The first kappa shape index (κ1) is 17.0. The number of aryl methyl sites for hydroxylation is 1. The molecule has 0 N–H and O–H groups in total. The van der Waals surface area contributed by atoms with Crippen LogP contribution in [0.3, 0.4) is 0 Å². The maximum Gasteiger partial charge on any atom is 0.177 e. The minimum absolute atomic E-state index is 0.291. The molecule has 2 aromatic heterocycles. The third-order valence-electron chi connectivity index (χ3n) is 5.63. The van der Waals surface area contributed by atoms with Crippen LogP contribution < -0.4 is 0 Å². The number of allylic oxidation sites excluding steroid dienone is 2. The Morgan fingerprint density at radius 2 is 1.84 bits per heavy atom. The van der Waals surface area contributed by atoms with Crippen molar-refractivity contribution in [1.29, 1.82) is 0 Å². The first-order valence-corrected chi connectivity index (χ1v) is 11.6. The summed E-state index contributed by atoms with van der Waals surface area (Å²) in [6.45, 7) is 2.14. The van der Waals surface area contributed by atoms with Crippen LogP contribution in [0.2, 0.25) is 0 Å². The lowest BCUT2D eigenvalue weighted by molar-refractivity contribution is 0.329. The van der Waals surface area contributed by atoms with Crippen LogP contribution in [-0.4, -0.2) is 19.7 Å². The number of nitrogens with zero attached hydrogens (tertiary/aromatic N) is 1. The third kappa shape index (κ3) is 3.20. The lowest BCUT2D eigenvalue weighted by Gasteiger charge is -2.23. The molecule has 0 radical (unpaired) electrons. The van der Waals surface area contributed by atoms with Crippen LogP contribution in [0.25, 0.3) is 11.1 Å². The molecule has 2 aliphatic carbocycles. The Hall–Kier alpha value is -1.46. The molecular formula is C20H23NO2S2. The lowest BCUT2D eigenvalue weighted by Crippen LogP contribution is -2.11. The van der Waals surface area contributed by atoms with E-state index >= 15 is 0 Å². The van der Waals surface area contributed by atoms with Crippen molar-refractivity contribution in [1.82, 2.24) is 4.98 Å². The quantitative estimate of drug-likeness (QED) is 0.750. The largest absolute Gasteiger partial charge is 0.255 e. The second-order valence-electron chi connectivity index (χ2n) is 7.66. The van der Waals surface area contributed by atoms with Crippen molar-refractivity contribution in [2.24, 2.45) is 5.41 Å². The van der Waals surface area contributed by atoms with Gasteiger partial charge in [-0.05, 0) is 78.3 Å². The summed E-state index contributed by atoms with van der Waals surface area (Å²) in [4.78, 5) is 6.17. The second-order valence-corrected chi connectivity index (χ2v) is 10.6. The lowest BCUT2D eigenvalue weighted by atomic mass is 9.82. The number of hydrogen-bond acceptors (Lipinski definition) is 4. The maximum absolute atomic E-state index is 11.7. The van der Waals surface area contributed by atoms with Gasteiger partial charge in [-0.1, -0.05) is 12.8 Å². The van der Waals surface area contributed by atoms with Crippen molar-refractivity contribution >= 4 is 32.3 Å². The molecular weight excluding hydrogens is 350 g/mol. The van der Waals surface area contributed by atoms with Gasteiger partial charge < -0.3 is 0 Å². The zero-order valence-electron chi connectivity index (χ0n) is 14.7. The van der Waals surface area contributed by atoms with Gasteiger partial charge in [0.1, 0.15) is 0 Å². The van der Waals surface area contributed by atoms with Crippen LogP contribution in [0.1, 0.15) is 54.7 Å². The van der Waals surface area contributed by atoms with E-state index in [4.69, 9.17) is 0 Å². The highest BCUT2D eigenvalue weighted by Crippen LogP contribution is 2.57. The third-order valence-corrected chi connectivity index (χ3v) is 7.84. The van der Waals surface area contributed by atoms with Gasteiger partial charge in [-0.25, -0.2) is 8.42 Å². The molecule has 5 heteroatoms. The van der Waals surface area contributed by atoms with Crippen molar-refractivity contribution < 1.29 is 8.42 Å². The summed E-state index contributed by atoms with van der Waals surface area (Å²) in [5.41, 5.74) is 5.40. The molecule has 1 spiro atoms. The first-order chi connectivity index (χ1) is 11.9. The molecule has 1 fully saturated rings. The summed E-state index contributed by atoms with van der Waals surface area (Å²) in [6.07, 6.45) is 10.2. The molecule has 2 aliphatic rings. The first-order valence-electron chi connectivity index (χ1n) is 8.80. The van der Waals surface area contributed by atoms with Gasteiger partial charge in [-0.3, -0.25) is 4.98 Å². The Kier molecular flexibility index (Phi) is 4.12. The standard InChI is InChI=1S/C20H23NO2S2/c1-14-9-19(24-13-14)17-11-20(7-3-4-8-20)10-16(17)18-6-5-15(12-21-18)25(2,22)23/h5-6,9,12-13H,3-4,7-8,10-11H2,1-2H3. The summed E-state index contributed by atoms with van der Waals surface area (Å²) < 4.78 is 23.4. The molecule has 0 unspecified atom stereocenters. The van der Waals surface area contributed by atoms with Gasteiger partial charge in [0.15, 0.2) is 9.84 Å².